The summed E-state index contributed by atoms with van der Waals surface area (Å²) in [6, 6.07) is 28.1. The van der Waals surface area contributed by atoms with Gasteiger partial charge in [0.15, 0.2) is 12.2 Å². The van der Waals surface area contributed by atoms with E-state index in [1.54, 1.807) is 30.5 Å². The number of hydrogen-bond acceptors (Lipinski definition) is 6. The average molecular weight is 586 g/mol. The highest BCUT2D eigenvalue weighted by molar-refractivity contribution is 6.30. The quantitative estimate of drug-likeness (QED) is 0.249. The number of aromatic nitrogens is 1. The van der Waals surface area contributed by atoms with Gasteiger partial charge in [0, 0.05) is 28.9 Å². The summed E-state index contributed by atoms with van der Waals surface area (Å²) in [7, 11) is 0. The van der Waals surface area contributed by atoms with Crippen LogP contribution in [0.4, 0.5) is 0 Å². The first-order chi connectivity index (χ1) is 20.4. The topological polar surface area (TPSA) is 112 Å². The third-order valence-electron chi connectivity index (χ3n) is 7.29. The van der Waals surface area contributed by atoms with Gasteiger partial charge in [-0.1, -0.05) is 78.3 Å². The lowest BCUT2D eigenvalue weighted by atomic mass is 10.0. The van der Waals surface area contributed by atoms with Crippen LogP contribution in [-0.2, 0) is 22.7 Å². The van der Waals surface area contributed by atoms with Crippen molar-refractivity contribution >= 4 is 23.4 Å². The van der Waals surface area contributed by atoms with Crippen molar-refractivity contribution in [1.29, 1.82) is 0 Å². The van der Waals surface area contributed by atoms with Crippen molar-refractivity contribution in [3.63, 3.8) is 0 Å². The Morgan fingerprint density at radius 1 is 0.976 bits per heavy atom. The van der Waals surface area contributed by atoms with Gasteiger partial charge < -0.3 is 25.2 Å². The number of nitrogens with one attached hydrogen (secondary N) is 1. The number of aliphatic hydroxyl groups is 2. The number of rotatable bonds is 10. The number of para-hydroxylation sites is 1. The van der Waals surface area contributed by atoms with E-state index in [1.165, 1.54) is 4.90 Å². The van der Waals surface area contributed by atoms with Gasteiger partial charge >= 0.3 is 0 Å². The molecule has 216 valence electrons. The van der Waals surface area contributed by atoms with Gasteiger partial charge in [-0.25, -0.2) is 0 Å². The molecule has 2 amide bonds. The van der Waals surface area contributed by atoms with E-state index in [-0.39, 0.29) is 12.6 Å². The van der Waals surface area contributed by atoms with E-state index < -0.39 is 24.0 Å². The number of likely N-dealkylation sites (tertiary alicyclic amines) is 1. The van der Waals surface area contributed by atoms with Gasteiger partial charge in [-0.3, -0.25) is 14.6 Å². The van der Waals surface area contributed by atoms with Crippen LogP contribution in [0.1, 0.15) is 35.7 Å². The Kier molecular flexibility index (Phi) is 9.48. The van der Waals surface area contributed by atoms with E-state index in [1.807, 2.05) is 66.7 Å². The first kappa shape index (κ1) is 29.3. The van der Waals surface area contributed by atoms with E-state index >= 15 is 0 Å². The number of aliphatic hydroxyl groups excluding tert-OH is 2. The monoisotopic (exact) mass is 585 g/mol. The molecule has 9 heteroatoms. The van der Waals surface area contributed by atoms with Gasteiger partial charge in [-0.05, 0) is 48.2 Å². The Hall–Kier alpha value is -4.24. The van der Waals surface area contributed by atoms with Crippen LogP contribution >= 0.6 is 11.6 Å². The second kappa shape index (κ2) is 13.6. The van der Waals surface area contributed by atoms with Crippen molar-refractivity contribution in [1.82, 2.24) is 15.2 Å². The molecule has 5 rings (SSSR count). The number of benzene rings is 3. The average Bonchev–Trinajstić information content (AvgIpc) is 3.53. The molecule has 1 aliphatic heterocycles. The molecule has 4 aromatic rings. The summed E-state index contributed by atoms with van der Waals surface area (Å²) >= 11 is 6.11. The summed E-state index contributed by atoms with van der Waals surface area (Å²) in [4.78, 5) is 31.6. The van der Waals surface area contributed by atoms with E-state index in [2.05, 4.69) is 10.3 Å². The Balaban J connectivity index is 1.17. The van der Waals surface area contributed by atoms with Crippen LogP contribution in [0.5, 0.6) is 5.75 Å². The van der Waals surface area contributed by atoms with Crippen molar-refractivity contribution in [2.75, 3.05) is 6.54 Å². The summed E-state index contributed by atoms with van der Waals surface area (Å²) in [5.74, 6) is -0.836. The lowest BCUT2D eigenvalue weighted by molar-refractivity contribution is -0.153. The van der Waals surface area contributed by atoms with Crippen molar-refractivity contribution in [2.24, 2.45) is 0 Å². The molecule has 0 spiro atoms. The predicted molar refractivity (Wildman–Crippen MR) is 159 cm³/mol. The highest BCUT2D eigenvalue weighted by Gasteiger charge is 2.38. The zero-order chi connectivity index (χ0) is 29.5. The number of halogens is 1. The molecular weight excluding hydrogens is 554 g/mol. The van der Waals surface area contributed by atoms with Gasteiger partial charge in [0.2, 0.25) is 0 Å². The normalized spacial score (nSPS) is 16.1. The molecule has 3 atom stereocenters. The largest absolute Gasteiger partial charge is 0.488 e. The summed E-state index contributed by atoms with van der Waals surface area (Å²) in [6.45, 7) is 0.862. The molecule has 0 bridgehead atoms. The Bertz CT molecular complexity index is 1520. The molecule has 3 aromatic carbocycles. The van der Waals surface area contributed by atoms with Crippen molar-refractivity contribution < 1.29 is 24.5 Å². The smallest absolute Gasteiger partial charge is 0.255 e. The van der Waals surface area contributed by atoms with E-state index in [0.29, 0.717) is 30.3 Å². The molecule has 3 N–H and O–H groups in total. The van der Waals surface area contributed by atoms with E-state index in [0.717, 1.165) is 34.4 Å². The molecule has 1 aromatic heterocycles. The van der Waals surface area contributed by atoms with Crippen LogP contribution in [0.3, 0.4) is 0 Å². The fourth-order valence-corrected chi connectivity index (χ4v) is 5.27. The van der Waals surface area contributed by atoms with Crippen LogP contribution in [0.15, 0.2) is 97.2 Å². The lowest BCUT2D eigenvalue weighted by Crippen LogP contribution is -2.50. The van der Waals surface area contributed by atoms with Gasteiger partial charge in [-0.15, -0.1) is 0 Å². The molecule has 1 saturated heterocycles. The number of carbonyl (C=O) groups is 2. The standard InChI is InChI=1S/C33H32ClN3O5/c34-25-11-6-10-23(18-25)28-13-7-17-37(28)33(41)31(39)30(38)32(40)36-20-26-16-15-24(19-35-26)27-12-4-5-14-29(27)42-21-22-8-2-1-3-9-22/h1-6,8-12,14-16,18-19,28,30-31,38-39H,7,13,17,20-21H2,(H,36,40)/t28-,30-,31-/m1/s1. The second-order valence-electron chi connectivity index (χ2n) is 10.2. The van der Waals surface area contributed by atoms with Gasteiger partial charge in [-0.2, -0.15) is 0 Å². The summed E-state index contributed by atoms with van der Waals surface area (Å²) in [5.41, 5.74) is 4.18. The van der Waals surface area contributed by atoms with Crippen LogP contribution in [0.25, 0.3) is 11.1 Å². The maximum absolute atomic E-state index is 13.0. The zero-order valence-electron chi connectivity index (χ0n) is 22.9. The third-order valence-corrected chi connectivity index (χ3v) is 7.53. The highest BCUT2D eigenvalue weighted by Crippen LogP contribution is 2.34. The highest BCUT2D eigenvalue weighted by atomic mass is 35.5. The fraction of sp³-hybridized carbons (Fsp3) is 0.242. The minimum absolute atomic E-state index is 0.0120. The molecule has 0 aliphatic carbocycles. The molecule has 1 fully saturated rings. The van der Waals surface area contributed by atoms with Crippen molar-refractivity contribution in [2.45, 2.75) is 44.2 Å². The lowest BCUT2D eigenvalue weighted by Gasteiger charge is -2.28. The molecule has 0 unspecified atom stereocenters. The van der Waals surface area contributed by atoms with Gasteiger partial charge in [0.05, 0.1) is 18.3 Å². The van der Waals surface area contributed by atoms with Crippen molar-refractivity contribution in [3.8, 4) is 16.9 Å². The number of amides is 2. The number of carbonyl (C=O) groups excluding carboxylic acids is 2. The number of ether oxygens (including phenoxy) is 1. The van der Waals surface area contributed by atoms with Crippen molar-refractivity contribution in [3.05, 3.63) is 119 Å². The van der Waals surface area contributed by atoms with Gasteiger partial charge in [0.1, 0.15) is 12.4 Å². The molecular formula is C33H32ClN3O5. The molecule has 1 aliphatic rings. The van der Waals surface area contributed by atoms with Crippen LogP contribution in [0, 0.1) is 0 Å². The zero-order valence-corrected chi connectivity index (χ0v) is 23.7. The molecule has 42 heavy (non-hydrogen) atoms. The predicted octanol–water partition coefficient (Wildman–Crippen LogP) is 4.68. The maximum Gasteiger partial charge on any atom is 0.255 e. The SMILES string of the molecule is O=C(NCc1ccc(-c2ccccc2OCc2ccccc2)cn1)[C@H](O)[C@@H](O)C(=O)N1CCC[C@@H]1c1cccc(Cl)c1. The molecule has 0 radical (unpaired) electrons. The Morgan fingerprint density at radius 2 is 1.76 bits per heavy atom. The first-order valence-electron chi connectivity index (χ1n) is 13.8. The molecule has 0 saturated carbocycles. The molecule has 2 heterocycles. The minimum Gasteiger partial charge on any atom is -0.488 e. The maximum atomic E-state index is 13.0. The van der Waals surface area contributed by atoms with Crippen LogP contribution in [0.2, 0.25) is 5.02 Å². The fourth-order valence-electron chi connectivity index (χ4n) is 5.08. The van der Waals surface area contributed by atoms with E-state index in [4.69, 9.17) is 16.3 Å². The minimum atomic E-state index is -1.92. The Morgan fingerprint density at radius 3 is 2.52 bits per heavy atom. The second-order valence-corrected chi connectivity index (χ2v) is 10.6. The first-order valence-corrected chi connectivity index (χ1v) is 14.2. The van der Waals surface area contributed by atoms with Crippen LogP contribution in [-0.4, -0.2) is 50.7 Å². The number of nitrogens with zero attached hydrogens (tertiary/aromatic N) is 2. The van der Waals surface area contributed by atoms with Crippen LogP contribution < -0.4 is 10.1 Å². The number of pyridine rings is 1. The summed E-state index contributed by atoms with van der Waals surface area (Å²) in [6.07, 6.45) is -0.696. The molecule has 8 nitrogen and oxygen atoms in total. The van der Waals surface area contributed by atoms with E-state index in [9.17, 15) is 19.8 Å². The third kappa shape index (κ3) is 6.97. The van der Waals surface area contributed by atoms with Gasteiger partial charge in [0.25, 0.3) is 11.8 Å². The summed E-state index contributed by atoms with van der Waals surface area (Å²) in [5, 5.41) is 24.2. The Labute approximate surface area is 249 Å². The number of hydrogen-bond donors (Lipinski definition) is 3. The summed E-state index contributed by atoms with van der Waals surface area (Å²) < 4.78 is 6.06.